The van der Waals surface area contributed by atoms with Crippen LogP contribution in [0.5, 0.6) is 5.75 Å². The molecule has 39 heavy (non-hydrogen) atoms. The molecule has 4 aromatic rings. The average Bonchev–Trinajstić information content (AvgIpc) is 3.62. The highest BCUT2D eigenvalue weighted by molar-refractivity contribution is 8.00. The summed E-state index contributed by atoms with van der Waals surface area (Å²) in [5.74, 6) is -1.42. The third-order valence-corrected chi connectivity index (χ3v) is 9.44. The number of thioether (sulfide) groups is 1. The predicted octanol–water partition coefficient (Wildman–Crippen LogP) is 4.25. The molecule has 0 spiro atoms. The number of carbonyl (C=O) groups excluding carboxylic acids is 3. The van der Waals surface area contributed by atoms with E-state index in [0.717, 1.165) is 28.7 Å². The number of benzene rings is 2. The fourth-order valence-corrected chi connectivity index (χ4v) is 7.84. The molecule has 2 aliphatic rings. The number of nitrogens with zero attached hydrogens (tertiary/aromatic N) is 2. The van der Waals surface area contributed by atoms with Gasteiger partial charge in [-0.1, -0.05) is 35.2 Å². The van der Waals surface area contributed by atoms with Crippen LogP contribution in [-0.2, 0) is 20.9 Å². The largest absolute Gasteiger partial charge is 0.497 e. The first-order chi connectivity index (χ1) is 18.9. The first-order valence-corrected chi connectivity index (χ1v) is 13.9. The lowest BCUT2D eigenvalue weighted by Crippen LogP contribution is -2.32. The molecule has 6 rings (SSSR count). The van der Waals surface area contributed by atoms with Crippen molar-refractivity contribution in [1.82, 2.24) is 4.57 Å². The van der Waals surface area contributed by atoms with E-state index in [0.29, 0.717) is 32.8 Å². The summed E-state index contributed by atoms with van der Waals surface area (Å²) in [5, 5.41) is 2.55. The van der Waals surface area contributed by atoms with E-state index >= 15 is 0 Å². The number of hydrogen-bond donors (Lipinski definition) is 1. The van der Waals surface area contributed by atoms with Crippen LogP contribution in [0.1, 0.15) is 22.1 Å². The van der Waals surface area contributed by atoms with Gasteiger partial charge < -0.3 is 14.5 Å². The molecular formula is C28H23N3O6S2. The number of thiazole rings is 1. The van der Waals surface area contributed by atoms with Crippen molar-refractivity contribution in [2.24, 2.45) is 5.92 Å². The normalized spacial score (nSPS) is 20.1. The first-order valence-electron chi connectivity index (χ1n) is 12.2. The SMILES string of the molecule is COc1ccc(N2C(=O)C3Sc4c(sc(=O)n4CC(=O)Nc4cccc(C)c4)[C@H](c4ccco4)C3C2=O)cc1. The highest BCUT2D eigenvalue weighted by Gasteiger charge is 2.57. The molecule has 11 heteroatoms. The minimum atomic E-state index is -0.790. The number of rotatable bonds is 6. The highest BCUT2D eigenvalue weighted by Crippen LogP contribution is 2.54. The number of imide groups is 1. The number of hydrogen-bond acceptors (Lipinski definition) is 8. The number of aryl methyl sites for hydroxylation is 1. The van der Waals surface area contributed by atoms with Gasteiger partial charge in [0.25, 0.3) is 0 Å². The van der Waals surface area contributed by atoms with Crippen molar-refractivity contribution in [2.75, 3.05) is 17.3 Å². The Bertz CT molecular complexity index is 1640. The monoisotopic (exact) mass is 561 g/mol. The van der Waals surface area contributed by atoms with Gasteiger partial charge in [0.1, 0.15) is 23.3 Å². The van der Waals surface area contributed by atoms with Gasteiger partial charge in [0.2, 0.25) is 17.7 Å². The van der Waals surface area contributed by atoms with Gasteiger partial charge in [-0.05, 0) is 61.0 Å². The third-order valence-electron chi connectivity index (χ3n) is 6.83. The molecule has 198 valence electrons. The molecule has 9 nitrogen and oxygen atoms in total. The fraction of sp³-hybridized carbons (Fsp3) is 0.214. The van der Waals surface area contributed by atoms with Crippen molar-refractivity contribution in [3.63, 3.8) is 0 Å². The second-order valence-corrected chi connectivity index (χ2v) is 11.4. The fourth-order valence-electron chi connectivity index (χ4n) is 5.08. The molecule has 1 fully saturated rings. The number of ether oxygens (including phenoxy) is 1. The van der Waals surface area contributed by atoms with Crippen LogP contribution in [0.15, 0.2) is 81.2 Å². The minimum absolute atomic E-state index is 0.224. The van der Waals surface area contributed by atoms with Crippen molar-refractivity contribution in [1.29, 1.82) is 0 Å². The summed E-state index contributed by atoms with van der Waals surface area (Å²) in [6.07, 6.45) is 1.50. The molecule has 4 heterocycles. The van der Waals surface area contributed by atoms with Gasteiger partial charge >= 0.3 is 4.87 Å². The molecule has 1 saturated heterocycles. The van der Waals surface area contributed by atoms with E-state index in [1.54, 1.807) is 49.6 Å². The van der Waals surface area contributed by atoms with Crippen molar-refractivity contribution in [2.45, 2.75) is 29.7 Å². The number of carbonyl (C=O) groups is 3. The van der Waals surface area contributed by atoms with Crippen LogP contribution >= 0.6 is 23.1 Å². The standard InChI is InChI=1S/C28H23N3O6S2/c1-15-5-3-6-16(13-15)29-20(32)14-30-27-24(39-28(30)35)21(19-7-4-12-37-19)22-23(38-27)26(34)31(25(22)33)17-8-10-18(36-2)11-9-17/h3-13,21-23H,14H2,1-2H3,(H,29,32)/t21-,22?,23?/m1/s1. The zero-order valence-electron chi connectivity index (χ0n) is 21.0. The van der Waals surface area contributed by atoms with Crippen LogP contribution in [0.25, 0.3) is 0 Å². The Kier molecular flexibility index (Phi) is 6.40. The summed E-state index contributed by atoms with van der Waals surface area (Å²) in [5.41, 5.74) is 2.06. The third kappa shape index (κ3) is 4.37. The molecule has 1 N–H and O–H groups in total. The Morgan fingerprint density at radius 3 is 2.54 bits per heavy atom. The highest BCUT2D eigenvalue weighted by atomic mass is 32.2. The number of nitrogens with one attached hydrogen (secondary N) is 1. The van der Waals surface area contributed by atoms with Crippen LogP contribution < -0.4 is 19.8 Å². The van der Waals surface area contributed by atoms with Crippen molar-refractivity contribution < 1.29 is 23.5 Å². The number of methoxy groups -OCH3 is 1. The molecule has 0 saturated carbocycles. The van der Waals surface area contributed by atoms with Crippen LogP contribution in [0.4, 0.5) is 11.4 Å². The predicted molar refractivity (Wildman–Crippen MR) is 148 cm³/mol. The van der Waals surface area contributed by atoms with E-state index in [2.05, 4.69) is 5.32 Å². The van der Waals surface area contributed by atoms with Gasteiger partial charge in [-0.2, -0.15) is 0 Å². The molecular weight excluding hydrogens is 538 g/mol. The topological polar surface area (TPSA) is 111 Å². The van der Waals surface area contributed by atoms with E-state index < -0.39 is 17.1 Å². The van der Waals surface area contributed by atoms with Crippen LogP contribution in [0.3, 0.4) is 0 Å². The van der Waals surface area contributed by atoms with Gasteiger partial charge in [-0.3, -0.25) is 23.7 Å². The molecule has 2 aromatic carbocycles. The molecule has 2 aliphatic heterocycles. The summed E-state index contributed by atoms with van der Waals surface area (Å²) in [6, 6.07) is 17.5. The smallest absolute Gasteiger partial charge is 0.308 e. The number of fused-ring (bicyclic) bond motifs is 2. The van der Waals surface area contributed by atoms with Crippen molar-refractivity contribution >= 4 is 52.2 Å². The second kappa shape index (κ2) is 9.90. The van der Waals surface area contributed by atoms with Gasteiger partial charge in [0, 0.05) is 5.69 Å². The van der Waals surface area contributed by atoms with E-state index in [-0.39, 0.29) is 29.1 Å². The number of furan rings is 1. The van der Waals surface area contributed by atoms with Crippen molar-refractivity contribution in [3.8, 4) is 5.75 Å². The number of anilines is 2. The maximum absolute atomic E-state index is 13.8. The van der Waals surface area contributed by atoms with E-state index in [9.17, 15) is 19.2 Å². The van der Waals surface area contributed by atoms with Gasteiger partial charge in [-0.25, -0.2) is 4.90 Å². The van der Waals surface area contributed by atoms with Crippen LogP contribution in [0.2, 0.25) is 0 Å². The summed E-state index contributed by atoms with van der Waals surface area (Å²) in [6.45, 7) is 1.70. The van der Waals surface area contributed by atoms with Crippen molar-refractivity contribution in [3.05, 3.63) is 92.8 Å². The zero-order chi connectivity index (χ0) is 27.3. The molecule has 2 aromatic heterocycles. The minimum Gasteiger partial charge on any atom is -0.497 e. The van der Waals surface area contributed by atoms with Gasteiger partial charge in [0.15, 0.2) is 0 Å². The molecule has 2 unspecified atom stereocenters. The Balaban J connectivity index is 1.37. The maximum Gasteiger partial charge on any atom is 0.308 e. The van der Waals surface area contributed by atoms with E-state index in [4.69, 9.17) is 9.15 Å². The summed E-state index contributed by atoms with van der Waals surface area (Å²) in [7, 11) is 1.54. The summed E-state index contributed by atoms with van der Waals surface area (Å²) in [4.78, 5) is 55.1. The summed E-state index contributed by atoms with van der Waals surface area (Å²) >= 11 is 2.14. The summed E-state index contributed by atoms with van der Waals surface area (Å²) < 4.78 is 12.3. The Labute approximate surface area is 231 Å². The Morgan fingerprint density at radius 2 is 1.85 bits per heavy atom. The molecule has 3 amide bonds. The zero-order valence-corrected chi connectivity index (χ0v) is 22.6. The van der Waals surface area contributed by atoms with Gasteiger partial charge in [0.05, 0.1) is 40.8 Å². The lowest BCUT2D eigenvalue weighted by Gasteiger charge is -2.29. The second-order valence-electron chi connectivity index (χ2n) is 9.31. The maximum atomic E-state index is 13.8. The number of aromatic nitrogens is 1. The van der Waals surface area contributed by atoms with Gasteiger partial charge in [-0.15, -0.1) is 0 Å². The Morgan fingerprint density at radius 1 is 1.05 bits per heavy atom. The quantitative estimate of drug-likeness (QED) is 0.350. The molecule has 3 atom stereocenters. The number of amides is 3. The molecule has 0 aliphatic carbocycles. The lowest BCUT2D eigenvalue weighted by molar-refractivity contribution is -0.122. The average molecular weight is 562 g/mol. The lowest BCUT2D eigenvalue weighted by atomic mass is 9.87. The van der Waals surface area contributed by atoms with Crippen LogP contribution in [-0.4, -0.2) is 34.6 Å². The van der Waals surface area contributed by atoms with E-state index in [1.807, 2.05) is 25.1 Å². The molecule has 0 radical (unpaired) electrons. The molecule has 0 bridgehead atoms. The van der Waals surface area contributed by atoms with Crippen LogP contribution in [0, 0.1) is 12.8 Å². The van der Waals surface area contributed by atoms with E-state index in [1.165, 1.54) is 15.7 Å². The first kappa shape index (κ1) is 25.2. The Hall–Kier alpha value is -4.09.